The quantitative estimate of drug-likeness (QED) is 0.527. The second-order valence-corrected chi connectivity index (χ2v) is 2.28. The highest BCUT2D eigenvalue weighted by Gasteiger charge is 2.02. The number of hydrogen-bond donors (Lipinski definition) is 0. The number of aromatic nitrogens is 2. The predicted molar refractivity (Wildman–Crippen MR) is 49.1 cm³/mol. The second-order valence-electron chi connectivity index (χ2n) is 2.10. The van der Waals surface area contributed by atoms with Crippen molar-refractivity contribution < 1.29 is 4.74 Å². The minimum absolute atomic E-state index is 0.559. The zero-order valence-corrected chi connectivity index (χ0v) is 7.76. The van der Waals surface area contributed by atoms with E-state index < -0.39 is 0 Å². The molecule has 64 valence electrons. The third-order valence-corrected chi connectivity index (χ3v) is 1.38. The fourth-order valence-corrected chi connectivity index (χ4v) is 0.895. The van der Waals surface area contributed by atoms with E-state index in [1.165, 1.54) is 0 Å². The Morgan fingerprint density at radius 1 is 1.83 bits per heavy atom. The number of aryl methyl sites for hydroxylation is 1. The molecule has 0 bridgehead atoms. The van der Waals surface area contributed by atoms with E-state index in [1.807, 2.05) is 6.92 Å². The lowest BCUT2D eigenvalue weighted by molar-refractivity contribution is 0.323. The average Bonchev–Trinajstić information content (AvgIpc) is 2.34. The van der Waals surface area contributed by atoms with E-state index in [9.17, 15) is 0 Å². The third kappa shape index (κ3) is 1.90. The normalized spacial score (nSPS) is 9.17. The fourth-order valence-electron chi connectivity index (χ4n) is 0.802. The molecular formula is C7H9N3OS. The molecule has 0 aromatic carbocycles. The van der Waals surface area contributed by atoms with Gasteiger partial charge in [0.05, 0.1) is 11.8 Å². The van der Waals surface area contributed by atoms with Gasteiger partial charge in [0, 0.05) is 13.1 Å². The molecule has 0 N–H and O–H groups in total. The highest BCUT2D eigenvalue weighted by atomic mass is 32.1. The molecule has 4 nitrogen and oxygen atoms in total. The Balaban J connectivity index is 2.91. The molecule has 1 aromatic heterocycles. The molecule has 0 amide bonds. The molecule has 1 aromatic rings. The van der Waals surface area contributed by atoms with Crippen molar-refractivity contribution >= 4 is 23.2 Å². The van der Waals surface area contributed by atoms with Crippen LogP contribution in [-0.4, -0.2) is 21.5 Å². The summed E-state index contributed by atoms with van der Waals surface area (Å²) in [6, 6.07) is 1.71. The highest BCUT2D eigenvalue weighted by molar-refractivity contribution is 7.78. The first-order valence-electron chi connectivity index (χ1n) is 3.52. The summed E-state index contributed by atoms with van der Waals surface area (Å²) in [5, 5.41) is 6.31. The van der Waals surface area contributed by atoms with Crippen molar-refractivity contribution in [2.24, 2.45) is 12.0 Å². The average molecular weight is 183 g/mol. The Bertz CT molecular complexity index is 314. The molecule has 0 radical (unpaired) electrons. The SMILES string of the molecule is CCOc1cc(N=C=S)n(C)n1. The lowest BCUT2D eigenvalue weighted by Crippen LogP contribution is -1.94. The van der Waals surface area contributed by atoms with Gasteiger partial charge in [0.1, 0.15) is 0 Å². The van der Waals surface area contributed by atoms with Gasteiger partial charge in [-0.25, -0.2) is 4.68 Å². The molecule has 0 aliphatic carbocycles. The van der Waals surface area contributed by atoms with Gasteiger partial charge in [-0.3, -0.25) is 0 Å². The molecule has 0 fully saturated rings. The van der Waals surface area contributed by atoms with Gasteiger partial charge in [-0.05, 0) is 19.1 Å². The van der Waals surface area contributed by atoms with Gasteiger partial charge in [-0.15, -0.1) is 5.10 Å². The molecule has 0 atom stereocenters. The molecule has 1 heterocycles. The standard InChI is InChI=1S/C7H9N3OS/c1-3-11-7-4-6(8-5-12)10(2)9-7/h4H,3H2,1-2H3. The molecule has 5 heteroatoms. The minimum atomic E-state index is 0.559. The van der Waals surface area contributed by atoms with Crippen LogP contribution in [0.3, 0.4) is 0 Å². The number of thiocarbonyl (C=S) groups is 1. The number of ether oxygens (including phenoxy) is 1. The summed E-state index contributed by atoms with van der Waals surface area (Å²) in [5.41, 5.74) is 0. The van der Waals surface area contributed by atoms with Gasteiger partial charge in [-0.2, -0.15) is 4.99 Å². The summed E-state index contributed by atoms with van der Waals surface area (Å²) in [6.45, 7) is 2.49. The number of nitrogens with zero attached hydrogens (tertiary/aromatic N) is 3. The van der Waals surface area contributed by atoms with E-state index in [1.54, 1.807) is 17.8 Å². The zero-order valence-electron chi connectivity index (χ0n) is 6.94. The number of rotatable bonds is 3. The molecule has 0 spiro atoms. The zero-order chi connectivity index (χ0) is 8.97. The predicted octanol–water partition coefficient (Wildman–Crippen LogP) is 1.55. The van der Waals surface area contributed by atoms with E-state index in [0.29, 0.717) is 18.3 Å². The van der Waals surface area contributed by atoms with Crippen molar-refractivity contribution in [3.05, 3.63) is 6.07 Å². The number of hydrogen-bond acceptors (Lipinski definition) is 4. The van der Waals surface area contributed by atoms with Crippen LogP contribution in [0.5, 0.6) is 5.88 Å². The number of aliphatic imine (C=N–C) groups is 1. The first kappa shape index (κ1) is 8.90. The maximum atomic E-state index is 5.16. The maximum Gasteiger partial charge on any atom is 0.235 e. The van der Waals surface area contributed by atoms with Crippen molar-refractivity contribution in [2.75, 3.05) is 6.61 Å². The summed E-state index contributed by atoms with van der Waals surface area (Å²) >= 11 is 4.47. The van der Waals surface area contributed by atoms with E-state index in [2.05, 4.69) is 27.5 Å². The Hall–Kier alpha value is -1.19. The van der Waals surface area contributed by atoms with Gasteiger partial charge < -0.3 is 4.74 Å². The van der Waals surface area contributed by atoms with Crippen LogP contribution in [0.2, 0.25) is 0 Å². The molecule has 0 aliphatic rings. The maximum absolute atomic E-state index is 5.16. The van der Waals surface area contributed by atoms with Crippen LogP contribution in [0.4, 0.5) is 5.82 Å². The molecule has 0 saturated carbocycles. The minimum Gasteiger partial charge on any atom is -0.477 e. The van der Waals surface area contributed by atoms with Crippen LogP contribution in [0.1, 0.15) is 6.92 Å². The van der Waals surface area contributed by atoms with E-state index in [0.717, 1.165) is 0 Å². The monoisotopic (exact) mass is 183 g/mol. The van der Waals surface area contributed by atoms with Crippen molar-refractivity contribution in [1.82, 2.24) is 9.78 Å². The van der Waals surface area contributed by atoms with E-state index in [-0.39, 0.29) is 0 Å². The molecule has 0 aliphatic heterocycles. The van der Waals surface area contributed by atoms with Crippen LogP contribution < -0.4 is 4.74 Å². The van der Waals surface area contributed by atoms with Crippen LogP contribution in [0.25, 0.3) is 0 Å². The van der Waals surface area contributed by atoms with Gasteiger partial charge in [0.15, 0.2) is 5.82 Å². The summed E-state index contributed by atoms with van der Waals surface area (Å²) in [7, 11) is 1.77. The lowest BCUT2D eigenvalue weighted by Gasteiger charge is -1.93. The van der Waals surface area contributed by atoms with Gasteiger partial charge in [0.2, 0.25) is 5.88 Å². The smallest absolute Gasteiger partial charge is 0.235 e. The van der Waals surface area contributed by atoms with E-state index >= 15 is 0 Å². The Morgan fingerprint density at radius 3 is 3.17 bits per heavy atom. The topological polar surface area (TPSA) is 39.4 Å². The first-order valence-corrected chi connectivity index (χ1v) is 3.93. The Kier molecular flexibility index (Phi) is 2.96. The molecule has 0 unspecified atom stereocenters. The van der Waals surface area contributed by atoms with Gasteiger partial charge >= 0.3 is 0 Å². The highest BCUT2D eigenvalue weighted by Crippen LogP contribution is 2.17. The third-order valence-electron chi connectivity index (χ3n) is 1.29. The van der Waals surface area contributed by atoms with Gasteiger partial charge in [0.25, 0.3) is 0 Å². The summed E-state index contributed by atoms with van der Waals surface area (Å²) in [5.74, 6) is 1.21. The van der Waals surface area contributed by atoms with Crippen LogP contribution in [-0.2, 0) is 7.05 Å². The van der Waals surface area contributed by atoms with Crippen molar-refractivity contribution in [1.29, 1.82) is 0 Å². The molecule has 1 rings (SSSR count). The Labute approximate surface area is 75.9 Å². The van der Waals surface area contributed by atoms with Crippen molar-refractivity contribution in [3.8, 4) is 5.88 Å². The number of isothiocyanates is 1. The molecule has 12 heavy (non-hydrogen) atoms. The van der Waals surface area contributed by atoms with Crippen molar-refractivity contribution in [2.45, 2.75) is 6.92 Å². The fraction of sp³-hybridized carbons (Fsp3) is 0.429. The molecule has 0 saturated heterocycles. The largest absolute Gasteiger partial charge is 0.477 e. The van der Waals surface area contributed by atoms with E-state index in [4.69, 9.17) is 4.74 Å². The Morgan fingerprint density at radius 2 is 2.58 bits per heavy atom. The van der Waals surface area contributed by atoms with Crippen LogP contribution in [0, 0.1) is 0 Å². The molecular weight excluding hydrogens is 174 g/mol. The summed E-state index contributed by atoms with van der Waals surface area (Å²) in [6.07, 6.45) is 0. The summed E-state index contributed by atoms with van der Waals surface area (Å²) < 4.78 is 6.75. The van der Waals surface area contributed by atoms with Gasteiger partial charge in [-0.1, -0.05) is 0 Å². The summed E-state index contributed by atoms with van der Waals surface area (Å²) in [4.78, 5) is 3.79. The lowest BCUT2D eigenvalue weighted by atomic mass is 10.6. The van der Waals surface area contributed by atoms with Crippen molar-refractivity contribution in [3.63, 3.8) is 0 Å². The van der Waals surface area contributed by atoms with Crippen LogP contribution >= 0.6 is 12.2 Å². The van der Waals surface area contributed by atoms with Crippen LogP contribution in [0.15, 0.2) is 11.1 Å². The first-order chi connectivity index (χ1) is 5.77. The second kappa shape index (κ2) is 3.99.